The Morgan fingerprint density at radius 3 is 2.61 bits per heavy atom. The Balaban J connectivity index is 1.35. The largest absolute Gasteiger partial charge is 0.481 e. The number of ether oxygens (including phenoxy) is 1. The zero-order chi connectivity index (χ0) is 21.4. The summed E-state index contributed by atoms with van der Waals surface area (Å²) in [6, 6.07) is 11.8. The van der Waals surface area contributed by atoms with E-state index in [9.17, 15) is 4.79 Å². The van der Waals surface area contributed by atoms with E-state index in [1.807, 2.05) is 36.5 Å². The van der Waals surface area contributed by atoms with Crippen molar-refractivity contribution in [3.05, 3.63) is 53.8 Å². The zero-order valence-corrected chi connectivity index (χ0v) is 17.3. The second-order valence-corrected chi connectivity index (χ2v) is 8.07. The first kappa shape index (κ1) is 19.6. The van der Waals surface area contributed by atoms with Crippen LogP contribution in [0.1, 0.15) is 25.7 Å². The Labute approximate surface area is 182 Å². The van der Waals surface area contributed by atoms with Crippen molar-refractivity contribution in [1.82, 2.24) is 24.7 Å². The van der Waals surface area contributed by atoms with Crippen LogP contribution in [0.15, 0.2) is 48.8 Å². The molecule has 1 aliphatic rings. The van der Waals surface area contributed by atoms with Crippen LogP contribution in [0.25, 0.3) is 28.1 Å². The van der Waals surface area contributed by atoms with E-state index in [0.29, 0.717) is 53.6 Å². The highest BCUT2D eigenvalue weighted by atomic mass is 35.5. The summed E-state index contributed by atoms with van der Waals surface area (Å²) in [4.78, 5) is 23.3. The average molecular weight is 438 g/mol. The molecule has 0 radical (unpaired) electrons. The van der Waals surface area contributed by atoms with Gasteiger partial charge in [0.05, 0.1) is 27.8 Å². The fraction of sp³-hybridized carbons (Fsp3) is 0.273. The van der Waals surface area contributed by atoms with Gasteiger partial charge in [-0.15, -0.1) is 0 Å². The van der Waals surface area contributed by atoms with Crippen LogP contribution in [-0.4, -0.2) is 41.9 Å². The van der Waals surface area contributed by atoms with Crippen molar-refractivity contribution in [3.63, 3.8) is 0 Å². The lowest BCUT2D eigenvalue weighted by Gasteiger charge is -2.25. The number of nitrogens with zero attached hydrogens (tertiary/aromatic N) is 4. The summed E-state index contributed by atoms with van der Waals surface area (Å²) in [5, 5.41) is 13.9. The van der Waals surface area contributed by atoms with E-state index in [-0.39, 0.29) is 12.0 Å². The molecular formula is C22H20ClN5O3. The molecule has 0 amide bonds. The van der Waals surface area contributed by atoms with Crippen LogP contribution in [0.3, 0.4) is 0 Å². The number of hydrogen-bond acceptors (Lipinski definition) is 5. The van der Waals surface area contributed by atoms with Crippen molar-refractivity contribution in [2.75, 3.05) is 0 Å². The molecule has 5 rings (SSSR count). The van der Waals surface area contributed by atoms with Crippen molar-refractivity contribution in [1.29, 1.82) is 0 Å². The summed E-state index contributed by atoms with van der Waals surface area (Å²) in [6.45, 7) is 0. The Morgan fingerprint density at radius 1 is 1.16 bits per heavy atom. The van der Waals surface area contributed by atoms with Crippen molar-refractivity contribution < 1.29 is 14.6 Å². The van der Waals surface area contributed by atoms with Crippen LogP contribution < -0.4 is 4.74 Å². The summed E-state index contributed by atoms with van der Waals surface area (Å²) in [5.74, 6) is -1.01. The first-order valence-electron chi connectivity index (χ1n) is 10.1. The van der Waals surface area contributed by atoms with E-state index < -0.39 is 5.97 Å². The summed E-state index contributed by atoms with van der Waals surface area (Å²) < 4.78 is 7.74. The average Bonchev–Trinajstić information content (AvgIpc) is 3.43. The molecule has 2 N–H and O–H groups in total. The number of nitrogens with one attached hydrogen (secondary N) is 1. The van der Waals surface area contributed by atoms with E-state index >= 15 is 0 Å². The van der Waals surface area contributed by atoms with Crippen LogP contribution >= 0.6 is 11.6 Å². The fourth-order valence-corrected chi connectivity index (χ4v) is 4.19. The minimum absolute atomic E-state index is 0.0547. The standard InChI is InChI=1S/C22H20ClN5O3/c23-17-12-18-20(27-22(25-18)31-16-8-4-14(5-9-16)21(29)30)26-19(17)13-2-6-15(7-3-13)28-11-1-10-24-28/h1-3,6-7,10-12,14,16H,4-5,8-9H2,(H,29,30)(H,25,26,27)/t14-,16-. The summed E-state index contributed by atoms with van der Waals surface area (Å²) in [6.07, 6.45) is 6.17. The highest BCUT2D eigenvalue weighted by Crippen LogP contribution is 2.31. The van der Waals surface area contributed by atoms with Gasteiger partial charge in [-0.2, -0.15) is 10.1 Å². The van der Waals surface area contributed by atoms with E-state index in [1.54, 1.807) is 16.9 Å². The number of aliphatic carboxylic acids is 1. The van der Waals surface area contributed by atoms with Crippen molar-refractivity contribution in [2.24, 2.45) is 5.92 Å². The van der Waals surface area contributed by atoms with Crippen molar-refractivity contribution >= 4 is 28.7 Å². The predicted molar refractivity (Wildman–Crippen MR) is 115 cm³/mol. The summed E-state index contributed by atoms with van der Waals surface area (Å²) >= 11 is 6.50. The Bertz CT molecular complexity index is 1210. The quantitative estimate of drug-likeness (QED) is 0.476. The number of aromatic nitrogens is 5. The molecular weight excluding hydrogens is 418 g/mol. The Kier molecular flexibility index (Phi) is 5.07. The van der Waals surface area contributed by atoms with Gasteiger partial charge in [0.1, 0.15) is 6.10 Å². The van der Waals surface area contributed by atoms with E-state index in [1.165, 1.54) is 0 Å². The maximum atomic E-state index is 11.1. The molecule has 0 aliphatic heterocycles. The Hall–Kier alpha value is -3.39. The van der Waals surface area contributed by atoms with Gasteiger partial charge in [0.15, 0.2) is 5.65 Å². The van der Waals surface area contributed by atoms with Crippen molar-refractivity contribution in [3.8, 4) is 23.0 Å². The van der Waals surface area contributed by atoms with Gasteiger partial charge in [-0.05, 0) is 49.9 Å². The third kappa shape index (κ3) is 3.98. The lowest BCUT2D eigenvalue weighted by atomic mass is 9.87. The normalized spacial score (nSPS) is 18.9. The number of carboxylic acids is 1. The van der Waals surface area contributed by atoms with Gasteiger partial charge in [-0.1, -0.05) is 23.7 Å². The maximum Gasteiger partial charge on any atom is 0.306 e. The number of carbonyl (C=O) groups is 1. The third-order valence-electron chi connectivity index (χ3n) is 5.62. The van der Waals surface area contributed by atoms with Gasteiger partial charge < -0.3 is 14.8 Å². The lowest BCUT2D eigenvalue weighted by Crippen LogP contribution is -2.28. The van der Waals surface area contributed by atoms with Crippen molar-refractivity contribution in [2.45, 2.75) is 31.8 Å². The van der Waals surface area contributed by atoms with Gasteiger partial charge >= 0.3 is 5.97 Å². The molecule has 0 atom stereocenters. The highest BCUT2D eigenvalue weighted by molar-refractivity contribution is 6.33. The SMILES string of the molecule is O=C(O)[C@H]1CC[C@H](Oc2nc3nc(-c4ccc(-n5cccn5)cc4)c(Cl)cc3[nH]2)CC1. The monoisotopic (exact) mass is 437 g/mol. The molecule has 1 aliphatic carbocycles. The van der Waals surface area contributed by atoms with Crippen LogP contribution in [-0.2, 0) is 4.79 Å². The third-order valence-corrected chi connectivity index (χ3v) is 5.90. The number of hydrogen-bond donors (Lipinski definition) is 2. The van der Waals surface area contributed by atoms with Crippen LogP contribution in [0.4, 0.5) is 0 Å². The van der Waals surface area contributed by atoms with Gasteiger partial charge in [0.2, 0.25) is 0 Å². The molecule has 0 saturated heterocycles. The number of aromatic amines is 1. The number of fused-ring (bicyclic) bond motifs is 1. The number of halogens is 1. The Morgan fingerprint density at radius 2 is 1.94 bits per heavy atom. The van der Waals surface area contributed by atoms with Gasteiger partial charge in [-0.3, -0.25) is 4.79 Å². The topological polar surface area (TPSA) is 106 Å². The minimum Gasteiger partial charge on any atom is -0.481 e. The molecule has 31 heavy (non-hydrogen) atoms. The zero-order valence-electron chi connectivity index (χ0n) is 16.5. The van der Waals surface area contributed by atoms with E-state index in [0.717, 1.165) is 11.3 Å². The highest BCUT2D eigenvalue weighted by Gasteiger charge is 2.27. The molecule has 9 heteroatoms. The summed E-state index contributed by atoms with van der Waals surface area (Å²) in [5.41, 5.74) is 3.67. The second kappa shape index (κ2) is 8.03. The van der Waals surface area contributed by atoms with E-state index in [2.05, 4.69) is 20.1 Å². The molecule has 0 spiro atoms. The molecule has 8 nitrogen and oxygen atoms in total. The molecule has 3 heterocycles. The van der Waals surface area contributed by atoms with Crippen LogP contribution in [0.5, 0.6) is 6.01 Å². The molecule has 3 aromatic heterocycles. The lowest BCUT2D eigenvalue weighted by molar-refractivity contribution is -0.143. The van der Waals surface area contributed by atoms with Crippen LogP contribution in [0.2, 0.25) is 5.02 Å². The predicted octanol–water partition coefficient (Wildman–Crippen LogP) is 4.49. The number of carboxylic acid groups (broad SMARTS) is 1. The van der Waals surface area contributed by atoms with E-state index in [4.69, 9.17) is 21.4 Å². The molecule has 158 valence electrons. The van der Waals surface area contributed by atoms with Crippen LogP contribution in [0, 0.1) is 5.92 Å². The molecule has 1 fully saturated rings. The number of H-pyrrole nitrogens is 1. The first-order chi connectivity index (χ1) is 15.1. The van der Waals surface area contributed by atoms with Gasteiger partial charge in [0, 0.05) is 18.0 Å². The molecule has 0 unspecified atom stereocenters. The minimum atomic E-state index is -0.730. The number of imidazole rings is 1. The van der Waals surface area contributed by atoms with Gasteiger partial charge in [-0.25, -0.2) is 9.67 Å². The number of benzene rings is 1. The van der Waals surface area contributed by atoms with Gasteiger partial charge in [0.25, 0.3) is 6.01 Å². The molecule has 1 saturated carbocycles. The molecule has 0 bridgehead atoms. The first-order valence-corrected chi connectivity index (χ1v) is 10.5. The number of rotatable bonds is 5. The molecule has 1 aromatic carbocycles. The second-order valence-electron chi connectivity index (χ2n) is 7.66. The smallest absolute Gasteiger partial charge is 0.306 e. The maximum absolute atomic E-state index is 11.1. The summed E-state index contributed by atoms with van der Waals surface area (Å²) in [7, 11) is 0. The fourth-order valence-electron chi connectivity index (χ4n) is 3.93. The molecule has 4 aromatic rings. The number of pyridine rings is 1.